The molecular formula is C13H20FNO2. The summed E-state index contributed by atoms with van der Waals surface area (Å²) in [4.78, 5) is 0. The smallest absolute Gasteiger partial charge is 0.123 e. The number of nitrogens with one attached hydrogen (secondary N) is 1. The molecule has 0 spiro atoms. The molecule has 0 aromatic heterocycles. The van der Waals surface area contributed by atoms with Crippen molar-refractivity contribution in [1.82, 2.24) is 5.32 Å². The molecule has 0 aliphatic carbocycles. The third-order valence-electron chi connectivity index (χ3n) is 2.95. The third-order valence-corrected chi connectivity index (χ3v) is 2.95. The van der Waals surface area contributed by atoms with E-state index in [0.717, 1.165) is 5.56 Å². The molecule has 17 heavy (non-hydrogen) atoms. The summed E-state index contributed by atoms with van der Waals surface area (Å²) in [6.07, 6.45) is 0. The van der Waals surface area contributed by atoms with E-state index in [2.05, 4.69) is 5.32 Å². The van der Waals surface area contributed by atoms with Crippen LogP contribution >= 0.6 is 0 Å². The van der Waals surface area contributed by atoms with Crippen LogP contribution in [0.1, 0.15) is 25.5 Å². The van der Waals surface area contributed by atoms with Crippen LogP contribution in [0.15, 0.2) is 24.3 Å². The van der Waals surface area contributed by atoms with Gasteiger partial charge in [0, 0.05) is 18.0 Å². The molecule has 0 saturated heterocycles. The second-order valence-corrected chi connectivity index (χ2v) is 4.78. The van der Waals surface area contributed by atoms with Gasteiger partial charge in [0.05, 0.1) is 13.2 Å². The lowest BCUT2D eigenvalue weighted by molar-refractivity contribution is 0.0677. The summed E-state index contributed by atoms with van der Waals surface area (Å²) in [6.45, 7) is 4.00. The molecule has 1 aromatic rings. The molecule has 0 bridgehead atoms. The Bertz CT molecular complexity index is 353. The van der Waals surface area contributed by atoms with Gasteiger partial charge in [-0.3, -0.25) is 0 Å². The minimum atomic E-state index is -0.554. The monoisotopic (exact) mass is 241 g/mol. The molecule has 0 unspecified atom stereocenters. The summed E-state index contributed by atoms with van der Waals surface area (Å²) < 4.78 is 13.0. The first kappa shape index (κ1) is 14.1. The number of benzene rings is 1. The number of hydrogen-bond acceptors (Lipinski definition) is 3. The molecule has 3 nitrogen and oxygen atoms in total. The van der Waals surface area contributed by atoms with Crippen molar-refractivity contribution in [3.8, 4) is 0 Å². The third kappa shape index (κ3) is 4.07. The molecule has 3 N–H and O–H groups in total. The molecule has 96 valence electrons. The fourth-order valence-electron chi connectivity index (χ4n) is 1.46. The van der Waals surface area contributed by atoms with Gasteiger partial charge in [-0.2, -0.15) is 0 Å². The number of aliphatic hydroxyl groups excluding tert-OH is 2. The number of aliphatic hydroxyl groups is 2. The molecular weight excluding hydrogens is 221 g/mol. The van der Waals surface area contributed by atoms with Gasteiger partial charge in [0.2, 0.25) is 0 Å². The maximum absolute atomic E-state index is 13.0. The summed E-state index contributed by atoms with van der Waals surface area (Å²) in [5.41, 5.74) is 0.296. The molecule has 0 radical (unpaired) electrons. The highest BCUT2D eigenvalue weighted by Crippen LogP contribution is 2.17. The minimum Gasteiger partial charge on any atom is -0.396 e. The van der Waals surface area contributed by atoms with Gasteiger partial charge in [-0.05, 0) is 24.6 Å². The van der Waals surface area contributed by atoms with Gasteiger partial charge in [0.25, 0.3) is 0 Å². The standard InChI is InChI=1S/C13H20FNO2/c1-10(11-4-3-5-12(14)6-11)15-7-13(2,8-16)9-17/h3-6,10,15-17H,7-9H2,1-2H3/t10-/m0/s1. The van der Waals surface area contributed by atoms with E-state index in [1.54, 1.807) is 13.0 Å². The van der Waals surface area contributed by atoms with Crippen LogP contribution in [0.5, 0.6) is 0 Å². The topological polar surface area (TPSA) is 52.5 Å². The van der Waals surface area contributed by atoms with Gasteiger partial charge in [-0.1, -0.05) is 19.1 Å². The van der Waals surface area contributed by atoms with Crippen LogP contribution in [0.2, 0.25) is 0 Å². The van der Waals surface area contributed by atoms with Crippen molar-refractivity contribution in [2.75, 3.05) is 19.8 Å². The summed E-state index contributed by atoms with van der Waals surface area (Å²) >= 11 is 0. The highest BCUT2D eigenvalue weighted by Gasteiger charge is 2.23. The lowest BCUT2D eigenvalue weighted by Crippen LogP contribution is -2.38. The summed E-state index contributed by atoms with van der Waals surface area (Å²) in [5.74, 6) is -0.261. The Labute approximate surface area is 101 Å². The first-order valence-corrected chi connectivity index (χ1v) is 5.71. The van der Waals surface area contributed by atoms with Gasteiger partial charge < -0.3 is 15.5 Å². The number of rotatable bonds is 6. The van der Waals surface area contributed by atoms with Gasteiger partial charge in [-0.25, -0.2) is 4.39 Å². The van der Waals surface area contributed by atoms with Crippen LogP contribution in [0.4, 0.5) is 4.39 Å². The lowest BCUT2D eigenvalue weighted by atomic mass is 9.92. The Balaban J connectivity index is 2.58. The van der Waals surface area contributed by atoms with Crippen LogP contribution in [-0.2, 0) is 0 Å². The van der Waals surface area contributed by atoms with Crippen molar-refractivity contribution < 1.29 is 14.6 Å². The van der Waals surface area contributed by atoms with Crippen LogP contribution in [-0.4, -0.2) is 30.0 Å². The fourth-order valence-corrected chi connectivity index (χ4v) is 1.46. The van der Waals surface area contributed by atoms with E-state index in [9.17, 15) is 4.39 Å². The number of hydrogen-bond donors (Lipinski definition) is 3. The zero-order valence-electron chi connectivity index (χ0n) is 10.3. The van der Waals surface area contributed by atoms with Crippen LogP contribution in [0.25, 0.3) is 0 Å². The van der Waals surface area contributed by atoms with Crippen LogP contribution in [0, 0.1) is 11.2 Å². The van der Waals surface area contributed by atoms with Crippen molar-refractivity contribution in [2.45, 2.75) is 19.9 Å². The SMILES string of the molecule is C[C@H](NCC(C)(CO)CO)c1cccc(F)c1. The van der Waals surface area contributed by atoms with Crippen molar-refractivity contribution in [1.29, 1.82) is 0 Å². The van der Waals surface area contributed by atoms with E-state index in [4.69, 9.17) is 10.2 Å². The summed E-state index contributed by atoms with van der Waals surface area (Å²) in [7, 11) is 0. The zero-order chi connectivity index (χ0) is 12.9. The van der Waals surface area contributed by atoms with Crippen molar-refractivity contribution in [3.63, 3.8) is 0 Å². The van der Waals surface area contributed by atoms with Crippen molar-refractivity contribution in [2.24, 2.45) is 5.41 Å². The Morgan fingerprint density at radius 3 is 2.53 bits per heavy atom. The second-order valence-electron chi connectivity index (χ2n) is 4.78. The predicted molar refractivity (Wildman–Crippen MR) is 65.1 cm³/mol. The second kappa shape index (κ2) is 6.10. The highest BCUT2D eigenvalue weighted by atomic mass is 19.1. The summed E-state index contributed by atoms with van der Waals surface area (Å²) in [6, 6.07) is 6.37. The highest BCUT2D eigenvalue weighted by molar-refractivity contribution is 5.19. The van der Waals surface area contributed by atoms with E-state index in [1.165, 1.54) is 12.1 Å². The van der Waals surface area contributed by atoms with Crippen LogP contribution in [0.3, 0.4) is 0 Å². The molecule has 0 aliphatic heterocycles. The Kier molecular flexibility index (Phi) is 5.05. The lowest BCUT2D eigenvalue weighted by Gasteiger charge is -2.27. The molecule has 0 saturated carbocycles. The quantitative estimate of drug-likeness (QED) is 0.707. The van der Waals surface area contributed by atoms with Crippen molar-refractivity contribution >= 4 is 0 Å². The predicted octanol–water partition coefficient (Wildman–Crippen LogP) is 1.47. The summed E-state index contributed by atoms with van der Waals surface area (Å²) in [5, 5.41) is 21.5. The molecule has 1 rings (SSSR count). The van der Waals surface area contributed by atoms with Gasteiger partial charge in [-0.15, -0.1) is 0 Å². The Morgan fingerprint density at radius 1 is 1.35 bits per heavy atom. The van der Waals surface area contributed by atoms with E-state index >= 15 is 0 Å². The number of halogens is 1. The molecule has 0 fully saturated rings. The van der Waals surface area contributed by atoms with Crippen molar-refractivity contribution in [3.05, 3.63) is 35.6 Å². The van der Waals surface area contributed by atoms with E-state index in [0.29, 0.717) is 6.54 Å². The molecule has 1 atom stereocenters. The molecule has 0 heterocycles. The molecule has 1 aromatic carbocycles. The van der Waals surface area contributed by atoms with E-state index in [-0.39, 0.29) is 25.1 Å². The van der Waals surface area contributed by atoms with Gasteiger partial charge >= 0.3 is 0 Å². The maximum atomic E-state index is 13.0. The first-order valence-electron chi connectivity index (χ1n) is 5.71. The maximum Gasteiger partial charge on any atom is 0.123 e. The van der Waals surface area contributed by atoms with Crippen LogP contribution < -0.4 is 5.32 Å². The molecule has 0 aliphatic rings. The van der Waals surface area contributed by atoms with Gasteiger partial charge in [0.1, 0.15) is 5.82 Å². The Hall–Kier alpha value is -0.970. The zero-order valence-corrected chi connectivity index (χ0v) is 10.3. The normalized spacial score (nSPS) is 13.7. The fraction of sp³-hybridized carbons (Fsp3) is 0.538. The molecule has 4 heteroatoms. The van der Waals surface area contributed by atoms with Gasteiger partial charge in [0.15, 0.2) is 0 Å². The first-order chi connectivity index (χ1) is 8.00. The van der Waals surface area contributed by atoms with E-state index < -0.39 is 5.41 Å². The Morgan fingerprint density at radius 2 is 2.00 bits per heavy atom. The van der Waals surface area contributed by atoms with E-state index in [1.807, 2.05) is 13.0 Å². The average molecular weight is 241 g/mol. The molecule has 0 amide bonds. The average Bonchev–Trinajstić information content (AvgIpc) is 2.35. The largest absolute Gasteiger partial charge is 0.396 e. The minimum absolute atomic E-state index is 0.0249.